The summed E-state index contributed by atoms with van der Waals surface area (Å²) < 4.78 is 16.6. The van der Waals surface area contributed by atoms with Gasteiger partial charge in [-0.05, 0) is 35.9 Å². The Morgan fingerprint density at radius 3 is 2.67 bits per heavy atom. The zero-order valence-corrected chi connectivity index (χ0v) is 15.2. The first-order valence-corrected chi connectivity index (χ1v) is 8.36. The molecule has 0 spiro atoms. The summed E-state index contributed by atoms with van der Waals surface area (Å²) in [5.74, 6) is 1.31. The number of fused-ring (bicyclic) bond motifs is 2. The molecule has 0 saturated heterocycles. The highest BCUT2D eigenvalue weighted by molar-refractivity contribution is 5.91. The summed E-state index contributed by atoms with van der Waals surface area (Å²) in [7, 11) is 3.22. The number of aromatic amines is 1. The number of benzene rings is 2. The van der Waals surface area contributed by atoms with Crippen LogP contribution in [-0.4, -0.2) is 24.4 Å². The van der Waals surface area contributed by atoms with Crippen LogP contribution in [0.15, 0.2) is 41.8 Å². The second-order valence-corrected chi connectivity index (χ2v) is 6.26. The number of nitrogens with two attached hydrogens (primary N) is 1. The zero-order chi connectivity index (χ0) is 19.1. The first-order valence-electron chi connectivity index (χ1n) is 8.36. The van der Waals surface area contributed by atoms with E-state index < -0.39 is 5.92 Å². The van der Waals surface area contributed by atoms with E-state index in [0.29, 0.717) is 23.0 Å². The third-order valence-electron chi connectivity index (χ3n) is 4.87. The van der Waals surface area contributed by atoms with Crippen LogP contribution in [0.2, 0.25) is 0 Å². The standard InChI is InChI=1S/C20H18N4O3/c1-10-16-18(14(9-21)19(22)27-20(16)24-23-10)17-13-8-12(25-2)6-4-11(13)5-7-15(17)26-3/h4-8,18H,22H2,1-3H3,(H,23,24). The molecule has 27 heavy (non-hydrogen) atoms. The number of allylic oxidation sites excluding steroid dienone is 1. The van der Waals surface area contributed by atoms with Crippen molar-refractivity contribution in [1.29, 1.82) is 5.26 Å². The largest absolute Gasteiger partial charge is 0.497 e. The van der Waals surface area contributed by atoms with Crippen molar-refractivity contribution in [3.63, 3.8) is 0 Å². The van der Waals surface area contributed by atoms with Gasteiger partial charge in [-0.3, -0.25) is 5.10 Å². The summed E-state index contributed by atoms with van der Waals surface area (Å²) in [5, 5.41) is 18.8. The van der Waals surface area contributed by atoms with Crippen molar-refractivity contribution in [2.24, 2.45) is 5.73 Å². The maximum atomic E-state index is 9.82. The number of rotatable bonds is 3. The van der Waals surface area contributed by atoms with Crippen LogP contribution < -0.4 is 19.9 Å². The van der Waals surface area contributed by atoms with Crippen molar-refractivity contribution in [2.45, 2.75) is 12.8 Å². The lowest BCUT2D eigenvalue weighted by molar-refractivity contribution is 0.375. The van der Waals surface area contributed by atoms with Gasteiger partial charge < -0.3 is 19.9 Å². The van der Waals surface area contributed by atoms with Crippen LogP contribution in [-0.2, 0) is 0 Å². The zero-order valence-electron chi connectivity index (χ0n) is 15.2. The summed E-state index contributed by atoms with van der Waals surface area (Å²) in [4.78, 5) is 0. The lowest BCUT2D eigenvalue weighted by Crippen LogP contribution is -2.21. The molecule has 0 aliphatic carbocycles. The Morgan fingerprint density at radius 1 is 1.19 bits per heavy atom. The minimum atomic E-state index is -0.469. The molecule has 2 aromatic carbocycles. The van der Waals surface area contributed by atoms with Gasteiger partial charge >= 0.3 is 0 Å². The molecule has 0 amide bonds. The van der Waals surface area contributed by atoms with Crippen LogP contribution in [0.5, 0.6) is 17.4 Å². The third-order valence-corrected chi connectivity index (χ3v) is 4.87. The van der Waals surface area contributed by atoms with Crippen molar-refractivity contribution < 1.29 is 14.2 Å². The van der Waals surface area contributed by atoms with Crippen molar-refractivity contribution >= 4 is 10.8 Å². The maximum absolute atomic E-state index is 9.82. The van der Waals surface area contributed by atoms with Crippen molar-refractivity contribution in [3.05, 3.63) is 58.6 Å². The number of H-pyrrole nitrogens is 1. The highest BCUT2D eigenvalue weighted by Crippen LogP contribution is 2.48. The fourth-order valence-electron chi connectivity index (χ4n) is 3.59. The van der Waals surface area contributed by atoms with E-state index in [1.807, 2.05) is 37.3 Å². The molecule has 7 nitrogen and oxygen atoms in total. The maximum Gasteiger partial charge on any atom is 0.244 e. The van der Waals surface area contributed by atoms with Gasteiger partial charge in [-0.15, -0.1) is 5.10 Å². The fraction of sp³-hybridized carbons (Fsp3) is 0.200. The molecular weight excluding hydrogens is 344 g/mol. The number of ether oxygens (including phenoxy) is 3. The second kappa shape index (κ2) is 6.25. The topological polar surface area (TPSA) is 106 Å². The highest BCUT2D eigenvalue weighted by atomic mass is 16.5. The van der Waals surface area contributed by atoms with Crippen LogP contribution in [0, 0.1) is 18.3 Å². The fourth-order valence-corrected chi connectivity index (χ4v) is 3.59. The Hall–Kier alpha value is -3.66. The summed E-state index contributed by atoms with van der Waals surface area (Å²) in [5.41, 5.74) is 8.77. The van der Waals surface area contributed by atoms with Gasteiger partial charge in [0.15, 0.2) is 0 Å². The third kappa shape index (κ3) is 2.46. The summed E-state index contributed by atoms with van der Waals surface area (Å²) >= 11 is 0. The van der Waals surface area contributed by atoms with E-state index in [2.05, 4.69) is 16.3 Å². The van der Waals surface area contributed by atoms with Crippen LogP contribution in [0.4, 0.5) is 0 Å². The number of aryl methyl sites for hydroxylation is 1. The van der Waals surface area contributed by atoms with Gasteiger partial charge in [-0.2, -0.15) is 5.26 Å². The molecule has 3 aromatic rings. The van der Waals surface area contributed by atoms with Gasteiger partial charge in [0.05, 0.1) is 20.1 Å². The van der Waals surface area contributed by atoms with E-state index in [9.17, 15) is 5.26 Å². The van der Waals surface area contributed by atoms with Gasteiger partial charge in [-0.1, -0.05) is 12.1 Å². The van der Waals surface area contributed by atoms with Crippen molar-refractivity contribution in [3.8, 4) is 23.4 Å². The first kappa shape index (κ1) is 16.8. The molecule has 1 unspecified atom stereocenters. The number of aromatic nitrogens is 2. The number of hydrogen-bond acceptors (Lipinski definition) is 6. The smallest absolute Gasteiger partial charge is 0.244 e. The monoisotopic (exact) mass is 362 g/mol. The second-order valence-electron chi connectivity index (χ2n) is 6.26. The van der Waals surface area contributed by atoms with Crippen LogP contribution in [0.1, 0.15) is 22.7 Å². The number of nitrogens with zero attached hydrogens (tertiary/aromatic N) is 2. The SMILES string of the molecule is COc1ccc2ccc(OC)c(C3C(C#N)=C(N)Oc4n[nH]c(C)c43)c2c1. The first-order chi connectivity index (χ1) is 13.1. The van der Waals surface area contributed by atoms with E-state index in [1.165, 1.54) is 0 Å². The lowest BCUT2D eigenvalue weighted by Gasteiger charge is -2.26. The molecule has 2 heterocycles. The molecule has 1 atom stereocenters. The molecule has 4 rings (SSSR count). The van der Waals surface area contributed by atoms with Crippen molar-refractivity contribution in [2.75, 3.05) is 14.2 Å². The van der Waals surface area contributed by atoms with Gasteiger partial charge in [-0.25, -0.2) is 0 Å². The Labute approximate surface area is 155 Å². The molecule has 0 bridgehead atoms. The molecule has 3 N–H and O–H groups in total. The van der Waals surface area contributed by atoms with E-state index >= 15 is 0 Å². The predicted octanol–water partition coefficient (Wildman–Crippen LogP) is 3.11. The number of hydrogen-bond donors (Lipinski definition) is 2. The normalized spacial score (nSPS) is 15.9. The van der Waals surface area contributed by atoms with E-state index in [1.54, 1.807) is 14.2 Å². The quantitative estimate of drug-likeness (QED) is 0.741. The van der Waals surface area contributed by atoms with Crippen molar-refractivity contribution in [1.82, 2.24) is 10.2 Å². The van der Waals surface area contributed by atoms with Gasteiger partial charge in [0.25, 0.3) is 0 Å². The number of nitrogens with one attached hydrogen (secondary N) is 1. The molecule has 0 radical (unpaired) electrons. The Balaban J connectivity index is 2.11. The molecule has 0 fully saturated rings. The molecule has 0 saturated carbocycles. The van der Waals surface area contributed by atoms with E-state index in [-0.39, 0.29) is 5.88 Å². The van der Waals surface area contributed by atoms with Crippen LogP contribution in [0.25, 0.3) is 10.8 Å². The van der Waals surface area contributed by atoms with Crippen LogP contribution in [0.3, 0.4) is 0 Å². The van der Waals surface area contributed by atoms with Gasteiger partial charge in [0.1, 0.15) is 23.1 Å². The Morgan fingerprint density at radius 2 is 1.96 bits per heavy atom. The molecule has 7 heteroatoms. The molecule has 136 valence electrons. The number of nitriles is 1. The lowest BCUT2D eigenvalue weighted by atomic mass is 9.81. The average molecular weight is 362 g/mol. The average Bonchev–Trinajstić information content (AvgIpc) is 3.05. The van der Waals surface area contributed by atoms with E-state index in [4.69, 9.17) is 19.9 Å². The summed E-state index contributed by atoms with van der Waals surface area (Å²) in [6.45, 7) is 1.89. The Bertz CT molecular complexity index is 1120. The van der Waals surface area contributed by atoms with Gasteiger partial charge in [0.2, 0.25) is 11.8 Å². The highest BCUT2D eigenvalue weighted by Gasteiger charge is 2.36. The molecule has 1 aromatic heterocycles. The molecule has 1 aliphatic heterocycles. The summed E-state index contributed by atoms with van der Waals surface area (Å²) in [6.07, 6.45) is 0. The molecular formula is C20H18N4O3. The minimum absolute atomic E-state index is 0.0449. The predicted molar refractivity (Wildman–Crippen MR) is 99.7 cm³/mol. The van der Waals surface area contributed by atoms with Crippen LogP contribution >= 0.6 is 0 Å². The Kier molecular flexibility index (Phi) is 3.89. The number of methoxy groups -OCH3 is 2. The van der Waals surface area contributed by atoms with E-state index in [0.717, 1.165) is 27.6 Å². The summed E-state index contributed by atoms with van der Waals surface area (Å²) in [6, 6.07) is 11.9. The van der Waals surface area contributed by atoms with Gasteiger partial charge in [0, 0.05) is 16.8 Å². The molecule has 1 aliphatic rings. The minimum Gasteiger partial charge on any atom is -0.497 e.